The maximum atomic E-state index is 12.7. The van der Waals surface area contributed by atoms with Crippen molar-refractivity contribution in [3.63, 3.8) is 0 Å². The average Bonchev–Trinajstić information content (AvgIpc) is 3.04. The second kappa shape index (κ2) is 8.96. The molecule has 0 bridgehead atoms. The Kier molecular flexibility index (Phi) is 5.91. The Morgan fingerprint density at radius 2 is 1.39 bits per heavy atom. The fourth-order valence-electron chi connectivity index (χ4n) is 3.48. The van der Waals surface area contributed by atoms with Crippen molar-refractivity contribution in [1.82, 2.24) is 5.32 Å². The molecule has 3 aromatic carbocycles. The lowest BCUT2D eigenvalue weighted by atomic mass is 10.1. The Morgan fingerprint density at radius 1 is 0.758 bits per heavy atom. The minimum atomic E-state index is -0.399. The van der Waals surface area contributed by atoms with Gasteiger partial charge in [0.1, 0.15) is 0 Å². The minimum absolute atomic E-state index is 0.00567. The van der Waals surface area contributed by atoms with E-state index in [1.807, 2.05) is 13.8 Å². The van der Waals surface area contributed by atoms with Crippen molar-refractivity contribution < 1.29 is 19.2 Å². The Morgan fingerprint density at radius 3 is 2.00 bits per heavy atom. The Hall–Kier alpha value is -4.46. The zero-order valence-electron chi connectivity index (χ0n) is 18.1. The molecule has 0 saturated heterocycles. The summed E-state index contributed by atoms with van der Waals surface area (Å²) in [5, 5.41) is 8.18. The highest BCUT2D eigenvalue weighted by molar-refractivity contribution is 6.34. The SMILES string of the molecule is CC(C)NC(=O)Nc1ccc(C(=O)Nc2cccc(N3C(=O)c4ccccc4C3=O)c2)cc1. The molecule has 33 heavy (non-hydrogen) atoms. The molecule has 0 aromatic heterocycles. The van der Waals surface area contributed by atoms with Gasteiger partial charge in [0.2, 0.25) is 0 Å². The first-order valence-electron chi connectivity index (χ1n) is 10.4. The number of urea groups is 1. The van der Waals surface area contributed by atoms with Crippen LogP contribution in [0.5, 0.6) is 0 Å². The highest BCUT2D eigenvalue weighted by atomic mass is 16.2. The van der Waals surface area contributed by atoms with E-state index in [4.69, 9.17) is 0 Å². The summed E-state index contributed by atoms with van der Waals surface area (Å²) in [5.41, 5.74) is 2.45. The molecule has 166 valence electrons. The third kappa shape index (κ3) is 4.59. The third-order valence-electron chi connectivity index (χ3n) is 4.98. The molecule has 0 aliphatic carbocycles. The first-order chi connectivity index (χ1) is 15.8. The van der Waals surface area contributed by atoms with Gasteiger partial charge >= 0.3 is 6.03 Å². The molecular formula is C25H22N4O4. The Labute approximate surface area is 190 Å². The maximum Gasteiger partial charge on any atom is 0.319 e. The van der Waals surface area contributed by atoms with Crippen LogP contribution in [0.25, 0.3) is 0 Å². The van der Waals surface area contributed by atoms with Crippen LogP contribution in [-0.2, 0) is 0 Å². The number of carbonyl (C=O) groups excluding carboxylic acids is 4. The molecule has 4 rings (SSSR count). The van der Waals surface area contributed by atoms with Gasteiger partial charge in [-0.1, -0.05) is 18.2 Å². The van der Waals surface area contributed by atoms with E-state index in [9.17, 15) is 19.2 Å². The lowest BCUT2D eigenvalue weighted by Crippen LogP contribution is -2.34. The average molecular weight is 442 g/mol. The summed E-state index contributed by atoms with van der Waals surface area (Å²) in [6.07, 6.45) is 0. The lowest BCUT2D eigenvalue weighted by Gasteiger charge is -2.15. The van der Waals surface area contributed by atoms with Crippen LogP contribution in [0, 0.1) is 0 Å². The molecule has 1 aliphatic rings. The third-order valence-corrected chi connectivity index (χ3v) is 4.98. The van der Waals surface area contributed by atoms with E-state index in [1.54, 1.807) is 72.8 Å². The van der Waals surface area contributed by atoms with E-state index in [2.05, 4.69) is 16.0 Å². The number of benzene rings is 3. The predicted molar refractivity (Wildman–Crippen MR) is 126 cm³/mol. The molecule has 0 saturated carbocycles. The number of hydrogen-bond acceptors (Lipinski definition) is 4. The van der Waals surface area contributed by atoms with Gasteiger partial charge in [-0.2, -0.15) is 0 Å². The van der Waals surface area contributed by atoms with Crippen molar-refractivity contribution in [2.75, 3.05) is 15.5 Å². The second-order valence-electron chi connectivity index (χ2n) is 7.83. The fourth-order valence-corrected chi connectivity index (χ4v) is 3.48. The summed E-state index contributed by atoms with van der Waals surface area (Å²) >= 11 is 0. The van der Waals surface area contributed by atoms with Crippen LogP contribution in [0.15, 0.2) is 72.8 Å². The monoisotopic (exact) mass is 442 g/mol. The molecule has 0 spiro atoms. The van der Waals surface area contributed by atoms with Crippen LogP contribution in [0.3, 0.4) is 0 Å². The Bertz CT molecular complexity index is 1220. The number of nitrogens with zero attached hydrogens (tertiary/aromatic N) is 1. The number of anilines is 3. The van der Waals surface area contributed by atoms with Crippen molar-refractivity contribution >= 4 is 40.8 Å². The van der Waals surface area contributed by atoms with E-state index in [0.717, 1.165) is 4.90 Å². The quantitative estimate of drug-likeness (QED) is 0.513. The Balaban J connectivity index is 1.46. The molecule has 5 amide bonds. The number of nitrogens with one attached hydrogen (secondary N) is 3. The van der Waals surface area contributed by atoms with Gasteiger partial charge in [-0.15, -0.1) is 0 Å². The zero-order chi connectivity index (χ0) is 23.5. The van der Waals surface area contributed by atoms with Crippen molar-refractivity contribution in [1.29, 1.82) is 0 Å². The van der Waals surface area contributed by atoms with Gasteiger partial charge in [-0.05, 0) is 68.4 Å². The number of rotatable bonds is 5. The van der Waals surface area contributed by atoms with Gasteiger partial charge in [0, 0.05) is 23.0 Å². The molecular weight excluding hydrogens is 420 g/mol. The maximum absolute atomic E-state index is 12.7. The van der Waals surface area contributed by atoms with Gasteiger partial charge in [0.25, 0.3) is 17.7 Å². The van der Waals surface area contributed by atoms with E-state index < -0.39 is 11.8 Å². The van der Waals surface area contributed by atoms with E-state index in [-0.39, 0.29) is 18.0 Å². The summed E-state index contributed by atoms with van der Waals surface area (Å²) < 4.78 is 0. The number of imide groups is 1. The summed E-state index contributed by atoms with van der Waals surface area (Å²) in [4.78, 5) is 51.0. The van der Waals surface area contributed by atoms with E-state index >= 15 is 0 Å². The summed E-state index contributed by atoms with van der Waals surface area (Å²) in [6, 6.07) is 19.3. The highest BCUT2D eigenvalue weighted by Crippen LogP contribution is 2.29. The molecule has 0 radical (unpaired) electrons. The van der Waals surface area contributed by atoms with Gasteiger partial charge < -0.3 is 16.0 Å². The van der Waals surface area contributed by atoms with Crippen molar-refractivity contribution in [3.8, 4) is 0 Å². The summed E-state index contributed by atoms with van der Waals surface area (Å²) in [7, 11) is 0. The van der Waals surface area contributed by atoms with Crippen molar-refractivity contribution in [2.24, 2.45) is 0 Å². The van der Waals surface area contributed by atoms with Gasteiger partial charge in [0.15, 0.2) is 0 Å². The minimum Gasteiger partial charge on any atom is -0.336 e. The van der Waals surface area contributed by atoms with Crippen LogP contribution in [0.4, 0.5) is 21.9 Å². The van der Waals surface area contributed by atoms with Crippen LogP contribution < -0.4 is 20.9 Å². The predicted octanol–water partition coefficient (Wildman–Crippen LogP) is 4.27. The molecule has 0 unspecified atom stereocenters. The molecule has 1 aliphatic heterocycles. The van der Waals surface area contributed by atoms with Crippen molar-refractivity contribution in [2.45, 2.75) is 19.9 Å². The zero-order valence-corrected chi connectivity index (χ0v) is 18.1. The molecule has 3 N–H and O–H groups in total. The van der Waals surface area contributed by atoms with Gasteiger partial charge in [-0.3, -0.25) is 14.4 Å². The smallest absolute Gasteiger partial charge is 0.319 e. The topological polar surface area (TPSA) is 108 Å². The normalized spacial score (nSPS) is 12.5. The molecule has 0 atom stereocenters. The molecule has 3 aromatic rings. The number of fused-ring (bicyclic) bond motifs is 1. The van der Waals surface area contributed by atoms with Gasteiger partial charge in [-0.25, -0.2) is 9.69 Å². The summed E-state index contributed by atoms with van der Waals surface area (Å²) in [6.45, 7) is 3.72. The van der Waals surface area contributed by atoms with Crippen LogP contribution in [0.2, 0.25) is 0 Å². The first kappa shape index (κ1) is 21.8. The summed E-state index contributed by atoms with van der Waals surface area (Å²) in [5.74, 6) is -1.17. The molecule has 1 heterocycles. The highest BCUT2D eigenvalue weighted by Gasteiger charge is 2.36. The molecule has 8 nitrogen and oxygen atoms in total. The standard InChI is InChI=1S/C25H22N4O4/c1-15(2)26-25(33)28-17-12-10-16(11-13-17)22(30)27-18-6-5-7-19(14-18)29-23(31)20-8-3-4-9-21(20)24(29)32/h3-15H,1-2H3,(H,27,30)(H2,26,28,33). The first-order valence-corrected chi connectivity index (χ1v) is 10.4. The van der Waals surface area contributed by atoms with Crippen LogP contribution >= 0.6 is 0 Å². The second-order valence-corrected chi connectivity index (χ2v) is 7.83. The van der Waals surface area contributed by atoms with E-state index in [0.29, 0.717) is 33.8 Å². The van der Waals surface area contributed by atoms with E-state index in [1.165, 1.54) is 0 Å². The van der Waals surface area contributed by atoms with Crippen LogP contribution in [0.1, 0.15) is 44.9 Å². The number of carbonyl (C=O) groups is 4. The van der Waals surface area contributed by atoms with Crippen LogP contribution in [-0.4, -0.2) is 29.8 Å². The molecule has 8 heteroatoms. The van der Waals surface area contributed by atoms with Gasteiger partial charge in [0.05, 0.1) is 16.8 Å². The molecule has 0 fully saturated rings. The number of hydrogen-bond donors (Lipinski definition) is 3. The number of amides is 5. The fraction of sp³-hybridized carbons (Fsp3) is 0.120. The van der Waals surface area contributed by atoms with Crippen molar-refractivity contribution in [3.05, 3.63) is 89.5 Å². The lowest BCUT2D eigenvalue weighted by molar-refractivity contribution is 0.0925. The largest absolute Gasteiger partial charge is 0.336 e.